The van der Waals surface area contributed by atoms with E-state index in [9.17, 15) is 4.79 Å². The van der Waals surface area contributed by atoms with Gasteiger partial charge in [-0.3, -0.25) is 14.5 Å². The second-order valence-corrected chi connectivity index (χ2v) is 8.45. The standard InChI is InChI=1S/C24H32N8O/c1-4-21(5-2)31-15-19(14-28-31)24-23-6-9-27-32(23)16-22(29-24)18(12-25)13-26-20-7-10-30(11-8-20)17(3)33/h6,9,12-16,20-21H,4-5,7-8,10-11,25H2,1-3H3. The van der Waals surface area contributed by atoms with Crippen LogP contribution in [0, 0.1) is 0 Å². The first-order valence-electron chi connectivity index (χ1n) is 11.6. The van der Waals surface area contributed by atoms with Crippen LogP contribution in [0.4, 0.5) is 0 Å². The molecule has 1 aliphatic heterocycles. The molecule has 3 aromatic rings. The first-order chi connectivity index (χ1) is 16.0. The summed E-state index contributed by atoms with van der Waals surface area (Å²) in [4.78, 5) is 23.1. The van der Waals surface area contributed by atoms with Crippen molar-refractivity contribution in [2.24, 2.45) is 10.7 Å². The van der Waals surface area contributed by atoms with Crippen LogP contribution in [-0.2, 0) is 4.79 Å². The molecule has 1 saturated heterocycles. The lowest BCUT2D eigenvalue weighted by Crippen LogP contribution is -2.38. The number of hydrogen-bond acceptors (Lipinski definition) is 6. The van der Waals surface area contributed by atoms with Crippen molar-refractivity contribution >= 4 is 23.2 Å². The first kappa shape index (κ1) is 22.7. The quantitative estimate of drug-likeness (QED) is 0.558. The van der Waals surface area contributed by atoms with Crippen molar-refractivity contribution < 1.29 is 4.79 Å². The van der Waals surface area contributed by atoms with Gasteiger partial charge in [0.2, 0.25) is 5.91 Å². The molecule has 0 aromatic carbocycles. The predicted molar refractivity (Wildman–Crippen MR) is 130 cm³/mol. The van der Waals surface area contributed by atoms with Crippen LogP contribution in [0.25, 0.3) is 22.3 Å². The van der Waals surface area contributed by atoms with Gasteiger partial charge in [-0.05, 0) is 31.7 Å². The highest BCUT2D eigenvalue weighted by atomic mass is 16.2. The van der Waals surface area contributed by atoms with Gasteiger partial charge < -0.3 is 10.6 Å². The van der Waals surface area contributed by atoms with Crippen LogP contribution in [0.5, 0.6) is 0 Å². The SMILES string of the molecule is CCC(CC)n1cc(-c2nc(C(C=NC3CCN(C(C)=O)CC3)=CN)cn3nccc23)cn1. The summed E-state index contributed by atoms with van der Waals surface area (Å²) in [6.45, 7) is 7.43. The van der Waals surface area contributed by atoms with E-state index in [1.165, 1.54) is 6.20 Å². The Labute approximate surface area is 194 Å². The second kappa shape index (κ2) is 9.97. The molecule has 174 valence electrons. The summed E-state index contributed by atoms with van der Waals surface area (Å²) in [5.41, 5.74) is 10.1. The number of aliphatic imine (C=N–C) groups is 1. The van der Waals surface area contributed by atoms with Gasteiger partial charge in [0, 0.05) is 49.8 Å². The van der Waals surface area contributed by atoms with Gasteiger partial charge in [0.25, 0.3) is 0 Å². The molecule has 4 rings (SSSR count). The van der Waals surface area contributed by atoms with Crippen molar-refractivity contribution in [1.82, 2.24) is 29.3 Å². The monoisotopic (exact) mass is 448 g/mol. The molecule has 0 spiro atoms. The van der Waals surface area contributed by atoms with E-state index in [0.29, 0.717) is 11.7 Å². The van der Waals surface area contributed by atoms with E-state index in [0.717, 1.165) is 61.1 Å². The number of nitrogens with two attached hydrogens (primary N) is 1. The Morgan fingerprint density at radius 1 is 1.24 bits per heavy atom. The van der Waals surface area contributed by atoms with Crippen LogP contribution in [0.15, 0.2) is 42.0 Å². The lowest BCUT2D eigenvalue weighted by Gasteiger charge is -2.29. The van der Waals surface area contributed by atoms with Gasteiger partial charge in [-0.2, -0.15) is 10.2 Å². The van der Waals surface area contributed by atoms with Gasteiger partial charge in [-0.1, -0.05) is 13.8 Å². The van der Waals surface area contributed by atoms with Crippen LogP contribution in [0.1, 0.15) is 58.2 Å². The third-order valence-electron chi connectivity index (χ3n) is 6.39. The summed E-state index contributed by atoms with van der Waals surface area (Å²) in [5, 5.41) is 9.02. The van der Waals surface area contributed by atoms with Gasteiger partial charge in [0.15, 0.2) is 0 Å². The highest BCUT2D eigenvalue weighted by Gasteiger charge is 2.20. The lowest BCUT2D eigenvalue weighted by molar-refractivity contribution is -0.129. The van der Waals surface area contributed by atoms with Gasteiger partial charge >= 0.3 is 0 Å². The fourth-order valence-corrected chi connectivity index (χ4v) is 4.31. The van der Waals surface area contributed by atoms with E-state index >= 15 is 0 Å². The van der Waals surface area contributed by atoms with E-state index in [-0.39, 0.29) is 11.9 Å². The third kappa shape index (κ3) is 4.81. The number of nitrogens with zero attached hydrogens (tertiary/aromatic N) is 7. The fraction of sp³-hybridized carbons (Fsp3) is 0.458. The number of likely N-dealkylation sites (tertiary alicyclic amines) is 1. The summed E-state index contributed by atoms with van der Waals surface area (Å²) in [6, 6.07) is 2.48. The number of carbonyl (C=O) groups excluding carboxylic acids is 1. The number of carbonyl (C=O) groups is 1. The Bertz CT molecular complexity index is 1160. The molecule has 1 amide bonds. The lowest BCUT2D eigenvalue weighted by atomic mass is 10.1. The van der Waals surface area contributed by atoms with E-state index in [4.69, 9.17) is 15.7 Å². The number of aromatic nitrogens is 5. The second-order valence-electron chi connectivity index (χ2n) is 8.45. The van der Waals surface area contributed by atoms with Crippen molar-refractivity contribution in [3.8, 4) is 11.3 Å². The van der Waals surface area contributed by atoms with E-state index in [2.05, 4.69) is 30.2 Å². The van der Waals surface area contributed by atoms with E-state index < -0.39 is 0 Å². The Morgan fingerprint density at radius 3 is 2.67 bits per heavy atom. The summed E-state index contributed by atoms with van der Waals surface area (Å²) >= 11 is 0. The van der Waals surface area contributed by atoms with E-state index in [1.54, 1.807) is 19.3 Å². The Balaban J connectivity index is 1.61. The van der Waals surface area contributed by atoms with Crippen LogP contribution in [-0.4, -0.2) is 60.5 Å². The Kier molecular flexibility index (Phi) is 6.86. The predicted octanol–water partition coefficient (Wildman–Crippen LogP) is 3.34. The number of fused-ring (bicyclic) bond motifs is 1. The van der Waals surface area contributed by atoms with Crippen LogP contribution < -0.4 is 5.73 Å². The van der Waals surface area contributed by atoms with Gasteiger partial charge in [-0.25, -0.2) is 9.50 Å². The molecule has 0 aliphatic carbocycles. The molecule has 9 heteroatoms. The molecular formula is C24H32N8O. The summed E-state index contributed by atoms with van der Waals surface area (Å²) in [5.74, 6) is 0.122. The summed E-state index contributed by atoms with van der Waals surface area (Å²) in [7, 11) is 0. The normalized spacial score (nSPS) is 15.9. The molecule has 0 radical (unpaired) electrons. The number of allylic oxidation sites excluding steroid dienone is 1. The minimum atomic E-state index is 0.122. The van der Waals surface area contributed by atoms with Gasteiger partial charge in [0.05, 0.1) is 47.6 Å². The molecule has 33 heavy (non-hydrogen) atoms. The number of piperidine rings is 1. The zero-order valence-corrected chi connectivity index (χ0v) is 19.6. The zero-order chi connectivity index (χ0) is 23.4. The zero-order valence-electron chi connectivity index (χ0n) is 19.6. The molecule has 1 aliphatic rings. The average Bonchev–Trinajstić information content (AvgIpc) is 3.50. The van der Waals surface area contributed by atoms with Crippen molar-refractivity contribution in [2.75, 3.05) is 13.1 Å². The van der Waals surface area contributed by atoms with Crippen molar-refractivity contribution in [3.05, 3.63) is 42.7 Å². The molecule has 0 bridgehead atoms. The van der Waals surface area contributed by atoms with E-state index in [1.807, 2.05) is 32.6 Å². The topological polar surface area (TPSA) is 107 Å². The maximum absolute atomic E-state index is 11.5. The molecule has 9 nitrogen and oxygen atoms in total. The summed E-state index contributed by atoms with van der Waals surface area (Å²) in [6.07, 6.45) is 14.6. The highest BCUT2D eigenvalue weighted by Crippen LogP contribution is 2.26. The average molecular weight is 449 g/mol. The van der Waals surface area contributed by atoms with Crippen LogP contribution >= 0.6 is 0 Å². The van der Waals surface area contributed by atoms with Crippen molar-refractivity contribution in [1.29, 1.82) is 0 Å². The minimum Gasteiger partial charge on any atom is -0.404 e. The fourth-order valence-electron chi connectivity index (χ4n) is 4.31. The smallest absolute Gasteiger partial charge is 0.219 e. The van der Waals surface area contributed by atoms with Crippen molar-refractivity contribution in [3.63, 3.8) is 0 Å². The van der Waals surface area contributed by atoms with Crippen LogP contribution in [0.3, 0.4) is 0 Å². The van der Waals surface area contributed by atoms with Crippen molar-refractivity contribution in [2.45, 2.75) is 58.5 Å². The molecule has 0 unspecified atom stereocenters. The molecule has 1 fully saturated rings. The molecule has 4 heterocycles. The molecule has 2 N–H and O–H groups in total. The molecule has 3 aromatic heterocycles. The number of rotatable bonds is 7. The number of amides is 1. The Morgan fingerprint density at radius 2 is 2.00 bits per heavy atom. The number of hydrogen-bond donors (Lipinski definition) is 1. The Hall–Kier alpha value is -3.49. The molecule has 0 atom stereocenters. The highest BCUT2D eigenvalue weighted by molar-refractivity contribution is 6.09. The summed E-state index contributed by atoms with van der Waals surface area (Å²) < 4.78 is 3.83. The first-order valence-corrected chi connectivity index (χ1v) is 11.6. The third-order valence-corrected chi connectivity index (χ3v) is 6.39. The largest absolute Gasteiger partial charge is 0.404 e. The molecular weight excluding hydrogens is 416 g/mol. The minimum absolute atomic E-state index is 0.122. The van der Waals surface area contributed by atoms with Gasteiger partial charge in [0.1, 0.15) is 0 Å². The van der Waals surface area contributed by atoms with Gasteiger partial charge in [-0.15, -0.1) is 0 Å². The molecule has 0 saturated carbocycles. The maximum atomic E-state index is 11.5. The van der Waals surface area contributed by atoms with Crippen LogP contribution in [0.2, 0.25) is 0 Å². The maximum Gasteiger partial charge on any atom is 0.219 e.